The SMILES string of the molecule is c1ccc(-c2ccc(-c3cccc4ccccc34)cc2N(c2cccc(-c3cccc4c3sc3ccccc34)c2)c2ccc3c(c2)sc2ccccc23)cc1. The summed E-state index contributed by atoms with van der Waals surface area (Å²) in [6.45, 7) is 0. The standard InChI is InChI=1S/C52H33NS2/c1-2-13-35(14-3-1)42-29-27-37(41-22-11-16-34-15-4-5-19-40(34)41)32-48(42)53(39-28-30-46-44-20-6-8-25-49(44)54-51(46)33-39)38-18-10-17-36(31-38)43-23-12-24-47-45-21-7-9-26-50(45)55-52(43)47/h1-33H. The molecule has 0 aliphatic heterocycles. The Morgan fingerprint density at radius 1 is 0.309 bits per heavy atom. The van der Waals surface area contributed by atoms with E-state index in [4.69, 9.17) is 0 Å². The third-order valence-electron chi connectivity index (χ3n) is 10.9. The van der Waals surface area contributed by atoms with Gasteiger partial charge in [0.15, 0.2) is 0 Å². The Hall–Kier alpha value is -6.52. The first-order valence-electron chi connectivity index (χ1n) is 18.7. The highest BCUT2D eigenvalue weighted by molar-refractivity contribution is 7.26. The Bertz CT molecular complexity index is 3220. The van der Waals surface area contributed by atoms with Crippen LogP contribution in [-0.4, -0.2) is 0 Å². The van der Waals surface area contributed by atoms with Crippen LogP contribution in [0.2, 0.25) is 0 Å². The summed E-state index contributed by atoms with van der Waals surface area (Å²) in [4.78, 5) is 2.48. The highest BCUT2D eigenvalue weighted by Gasteiger charge is 2.21. The van der Waals surface area contributed by atoms with Gasteiger partial charge in [0.1, 0.15) is 0 Å². The Morgan fingerprint density at radius 3 is 1.78 bits per heavy atom. The molecule has 3 heteroatoms. The second-order valence-corrected chi connectivity index (χ2v) is 16.2. The van der Waals surface area contributed by atoms with E-state index in [-0.39, 0.29) is 0 Å². The average molecular weight is 736 g/mol. The van der Waals surface area contributed by atoms with Crippen molar-refractivity contribution in [3.8, 4) is 33.4 Å². The monoisotopic (exact) mass is 735 g/mol. The number of hydrogen-bond acceptors (Lipinski definition) is 3. The van der Waals surface area contributed by atoms with Crippen LogP contribution in [0.4, 0.5) is 17.1 Å². The summed E-state index contributed by atoms with van der Waals surface area (Å²) >= 11 is 3.75. The van der Waals surface area contributed by atoms with Crippen LogP contribution in [0.15, 0.2) is 200 Å². The van der Waals surface area contributed by atoms with Gasteiger partial charge < -0.3 is 4.90 Å². The molecule has 55 heavy (non-hydrogen) atoms. The van der Waals surface area contributed by atoms with Crippen molar-refractivity contribution in [1.29, 1.82) is 0 Å². The number of benzene rings is 9. The molecule has 2 aromatic heterocycles. The van der Waals surface area contributed by atoms with Gasteiger partial charge in [0, 0.05) is 57.3 Å². The molecular weight excluding hydrogens is 703 g/mol. The molecule has 2 heterocycles. The van der Waals surface area contributed by atoms with Crippen molar-refractivity contribution in [2.24, 2.45) is 0 Å². The maximum atomic E-state index is 2.48. The molecule has 0 bridgehead atoms. The van der Waals surface area contributed by atoms with Gasteiger partial charge in [-0.2, -0.15) is 0 Å². The van der Waals surface area contributed by atoms with Crippen molar-refractivity contribution >= 4 is 90.9 Å². The van der Waals surface area contributed by atoms with E-state index in [1.165, 1.54) is 84.5 Å². The van der Waals surface area contributed by atoms with Gasteiger partial charge in [-0.3, -0.25) is 0 Å². The number of rotatable bonds is 6. The molecular formula is C52H33NS2. The second-order valence-electron chi connectivity index (χ2n) is 14.1. The van der Waals surface area contributed by atoms with Gasteiger partial charge >= 0.3 is 0 Å². The van der Waals surface area contributed by atoms with Crippen LogP contribution < -0.4 is 4.90 Å². The fraction of sp³-hybridized carbons (Fsp3) is 0. The summed E-state index contributed by atoms with van der Waals surface area (Å²) < 4.78 is 5.23. The molecule has 0 saturated heterocycles. The van der Waals surface area contributed by atoms with Gasteiger partial charge in [0.2, 0.25) is 0 Å². The van der Waals surface area contributed by atoms with Gasteiger partial charge in [-0.25, -0.2) is 0 Å². The van der Waals surface area contributed by atoms with Crippen LogP contribution in [-0.2, 0) is 0 Å². The number of fused-ring (bicyclic) bond motifs is 7. The van der Waals surface area contributed by atoms with Crippen LogP contribution >= 0.6 is 22.7 Å². The second kappa shape index (κ2) is 13.1. The molecule has 0 fully saturated rings. The zero-order valence-corrected chi connectivity index (χ0v) is 31.4. The average Bonchev–Trinajstić information content (AvgIpc) is 3.82. The van der Waals surface area contributed by atoms with E-state index >= 15 is 0 Å². The minimum atomic E-state index is 1.11. The Morgan fingerprint density at radius 2 is 0.909 bits per heavy atom. The fourth-order valence-electron chi connectivity index (χ4n) is 8.29. The molecule has 258 valence electrons. The topological polar surface area (TPSA) is 3.24 Å². The van der Waals surface area contributed by atoms with Crippen LogP contribution in [0.5, 0.6) is 0 Å². The summed E-state index contributed by atoms with van der Waals surface area (Å²) in [5.41, 5.74) is 10.6. The van der Waals surface area contributed by atoms with Crippen LogP contribution in [0.3, 0.4) is 0 Å². The molecule has 0 aliphatic carbocycles. The zero-order chi connectivity index (χ0) is 36.3. The van der Waals surface area contributed by atoms with E-state index < -0.39 is 0 Å². The lowest BCUT2D eigenvalue weighted by atomic mass is 9.94. The van der Waals surface area contributed by atoms with Gasteiger partial charge in [-0.15, -0.1) is 22.7 Å². The van der Waals surface area contributed by atoms with Gasteiger partial charge in [-0.05, 0) is 81.1 Å². The Labute approximate surface area is 327 Å². The van der Waals surface area contributed by atoms with Crippen LogP contribution in [0, 0.1) is 0 Å². The summed E-state index contributed by atoms with van der Waals surface area (Å²) in [5.74, 6) is 0. The molecule has 0 saturated carbocycles. The molecule has 0 radical (unpaired) electrons. The predicted octanol–water partition coefficient (Wildman–Crippen LogP) is 16.0. The van der Waals surface area contributed by atoms with Crippen LogP contribution in [0.1, 0.15) is 0 Å². The summed E-state index contributed by atoms with van der Waals surface area (Å²) in [6.07, 6.45) is 0. The molecule has 9 aromatic carbocycles. The number of hydrogen-bond donors (Lipinski definition) is 0. The van der Waals surface area contributed by atoms with E-state index in [2.05, 4.69) is 205 Å². The van der Waals surface area contributed by atoms with E-state index in [0.29, 0.717) is 0 Å². The largest absolute Gasteiger partial charge is 0.310 e. The first-order valence-corrected chi connectivity index (χ1v) is 20.3. The Balaban J connectivity index is 1.18. The third kappa shape index (κ3) is 5.43. The third-order valence-corrected chi connectivity index (χ3v) is 13.2. The smallest absolute Gasteiger partial charge is 0.0546 e. The highest BCUT2D eigenvalue weighted by atomic mass is 32.1. The molecule has 0 N–H and O–H groups in total. The van der Waals surface area contributed by atoms with E-state index in [1.807, 2.05) is 22.7 Å². The van der Waals surface area contributed by atoms with Crippen molar-refractivity contribution in [3.05, 3.63) is 200 Å². The lowest BCUT2D eigenvalue weighted by Gasteiger charge is -2.29. The molecule has 0 aliphatic rings. The van der Waals surface area contributed by atoms with Crippen molar-refractivity contribution in [2.75, 3.05) is 4.90 Å². The molecule has 0 amide bonds. The number of nitrogens with zero attached hydrogens (tertiary/aromatic N) is 1. The van der Waals surface area contributed by atoms with E-state index in [9.17, 15) is 0 Å². The molecule has 0 spiro atoms. The maximum absolute atomic E-state index is 2.48. The number of anilines is 3. The lowest BCUT2D eigenvalue weighted by Crippen LogP contribution is -2.11. The first-order chi connectivity index (χ1) is 27.3. The molecule has 0 unspecified atom stereocenters. The van der Waals surface area contributed by atoms with Gasteiger partial charge in [-0.1, -0.05) is 158 Å². The van der Waals surface area contributed by atoms with Crippen molar-refractivity contribution < 1.29 is 0 Å². The van der Waals surface area contributed by atoms with Crippen molar-refractivity contribution in [1.82, 2.24) is 0 Å². The molecule has 0 atom stereocenters. The number of thiophene rings is 2. The van der Waals surface area contributed by atoms with E-state index in [1.54, 1.807) is 0 Å². The first kappa shape index (κ1) is 32.0. The van der Waals surface area contributed by atoms with Gasteiger partial charge in [0.25, 0.3) is 0 Å². The summed E-state index contributed by atoms with van der Waals surface area (Å²) in [6, 6.07) is 73.6. The molecule has 1 nitrogen and oxygen atoms in total. The minimum absolute atomic E-state index is 1.11. The Kier molecular flexibility index (Phi) is 7.61. The quantitative estimate of drug-likeness (QED) is 0.164. The van der Waals surface area contributed by atoms with Crippen molar-refractivity contribution in [2.45, 2.75) is 0 Å². The van der Waals surface area contributed by atoms with Gasteiger partial charge in [0.05, 0.1) is 5.69 Å². The lowest BCUT2D eigenvalue weighted by molar-refractivity contribution is 1.29. The van der Waals surface area contributed by atoms with Crippen LogP contribution in [0.25, 0.3) is 84.5 Å². The molecule has 11 rings (SSSR count). The highest BCUT2D eigenvalue weighted by Crippen LogP contribution is 2.47. The zero-order valence-electron chi connectivity index (χ0n) is 29.8. The minimum Gasteiger partial charge on any atom is -0.310 e. The van der Waals surface area contributed by atoms with Crippen molar-refractivity contribution in [3.63, 3.8) is 0 Å². The molecule has 11 aromatic rings. The normalized spacial score (nSPS) is 11.6. The summed E-state index contributed by atoms with van der Waals surface area (Å²) in [5, 5.41) is 7.72. The fourth-order valence-corrected chi connectivity index (χ4v) is 10.7. The predicted molar refractivity (Wildman–Crippen MR) is 241 cm³/mol. The van der Waals surface area contributed by atoms with E-state index in [0.717, 1.165) is 17.1 Å². The maximum Gasteiger partial charge on any atom is 0.0546 e. The summed E-state index contributed by atoms with van der Waals surface area (Å²) in [7, 11) is 0.